The number of nitrogens with one attached hydrogen (secondary N) is 1. The molecule has 0 aliphatic carbocycles. The van der Waals surface area contributed by atoms with Gasteiger partial charge >= 0.3 is 0 Å². The van der Waals surface area contributed by atoms with Gasteiger partial charge in [0.15, 0.2) is 0 Å². The Labute approximate surface area is 112 Å². The summed E-state index contributed by atoms with van der Waals surface area (Å²) >= 11 is 4.96. The second-order valence-electron chi connectivity index (χ2n) is 4.86. The van der Waals surface area contributed by atoms with Gasteiger partial charge in [-0.05, 0) is 38.5 Å². The minimum atomic E-state index is -0.343. The van der Waals surface area contributed by atoms with Gasteiger partial charge in [0.1, 0.15) is 10.8 Å². The molecule has 0 aromatic heterocycles. The Kier molecular flexibility index (Phi) is 3.54. The number of anilines is 1. The molecular formula is C13H17FN2OS. The molecule has 1 fully saturated rings. The molecule has 0 bridgehead atoms. The van der Waals surface area contributed by atoms with E-state index in [2.05, 4.69) is 12.2 Å². The van der Waals surface area contributed by atoms with Crippen LogP contribution >= 0.6 is 12.2 Å². The summed E-state index contributed by atoms with van der Waals surface area (Å²) in [6.45, 7) is 4.82. The molecular weight excluding hydrogens is 251 g/mol. The molecule has 1 aliphatic heterocycles. The maximum absolute atomic E-state index is 13.2. The van der Waals surface area contributed by atoms with Gasteiger partial charge in [-0.25, -0.2) is 4.39 Å². The second kappa shape index (κ2) is 4.82. The van der Waals surface area contributed by atoms with Crippen molar-refractivity contribution in [3.8, 4) is 0 Å². The second-order valence-corrected chi connectivity index (χ2v) is 5.30. The van der Waals surface area contributed by atoms with E-state index in [1.54, 1.807) is 6.07 Å². The molecule has 2 unspecified atom stereocenters. The number of rotatable bonds is 3. The van der Waals surface area contributed by atoms with Crippen molar-refractivity contribution in [3.05, 3.63) is 29.6 Å². The molecule has 1 aliphatic rings. The summed E-state index contributed by atoms with van der Waals surface area (Å²) in [7, 11) is 0. The number of ether oxygens (including phenoxy) is 1. The van der Waals surface area contributed by atoms with Crippen LogP contribution in [-0.4, -0.2) is 23.2 Å². The number of nitrogens with two attached hydrogens (primary N) is 1. The van der Waals surface area contributed by atoms with Crippen molar-refractivity contribution >= 4 is 22.9 Å². The molecule has 1 aromatic carbocycles. The zero-order chi connectivity index (χ0) is 13.3. The molecule has 0 radical (unpaired) electrons. The minimum absolute atomic E-state index is 0.0850. The Morgan fingerprint density at radius 3 is 2.89 bits per heavy atom. The molecule has 0 saturated carbocycles. The van der Waals surface area contributed by atoms with Gasteiger partial charge < -0.3 is 15.8 Å². The van der Waals surface area contributed by atoms with Gasteiger partial charge in [-0.2, -0.15) is 0 Å². The predicted molar refractivity (Wildman–Crippen MR) is 74.3 cm³/mol. The van der Waals surface area contributed by atoms with Gasteiger partial charge in [-0.15, -0.1) is 0 Å². The average molecular weight is 268 g/mol. The fraction of sp³-hybridized carbons (Fsp3) is 0.462. The molecule has 2 atom stereocenters. The van der Waals surface area contributed by atoms with Crippen molar-refractivity contribution < 1.29 is 9.13 Å². The van der Waals surface area contributed by atoms with Crippen LogP contribution in [0.5, 0.6) is 0 Å². The van der Waals surface area contributed by atoms with Crippen molar-refractivity contribution in [1.29, 1.82) is 0 Å². The SMILES string of the molecule is CC1OCCC1(C)Nc1ccc(F)cc1C(N)=S. The van der Waals surface area contributed by atoms with Crippen molar-refractivity contribution in [2.45, 2.75) is 31.9 Å². The molecule has 18 heavy (non-hydrogen) atoms. The largest absolute Gasteiger partial charge is 0.389 e. The van der Waals surface area contributed by atoms with E-state index >= 15 is 0 Å². The van der Waals surface area contributed by atoms with Crippen LogP contribution in [0.4, 0.5) is 10.1 Å². The van der Waals surface area contributed by atoms with Crippen LogP contribution in [0.3, 0.4) is 0 Å². The van der Waals surface area contributed by atoms with E-state index in [0.29, 0.717) is 12.2 Å². The number of halogens is 1. The van der Waals surface area contributed by atoms with E-state index in [0.717, 1.165) is 12.1 Å². The first-order valence-electron chi connectivity index (χ1n) is 5.91. The monoisotopic (exact) mass is 268 g/mol. The number of hydrogen-bond acceptors (Lipinski definition) is 3. The first kappa shape index (κ1) is 13.2. The van der Waals surface area contributed by atoms with Crippen LogP contribution in [0.15, 0.2) is 18.2 Å². The fourth-order valence-electron chi connectivity index (χ4n) is 2.14. The summed E-state index contributed by atoms with van der Waals surface area (Å²) in [4.78, 5) is 0.187. The topological polar surface area (TPSA) is 47.3 Å². The Hall–Kier alpha value is -1.20. The molecule has 98 valence electrons. The third-order valence-corrected chi connectivity index (χ3v) is 3.77. The summed E-state index contributed by atoms with van der Waals surface area (Å²) in [5.41, 5.74) is 6.73. The number of benzene rings is 1. The normalized spacial score (nSPS) is 27.2. The van der Waals surface area contributed by atoms with Crippen LogP contribution in [0, 0.1) is 5.82 Å². The first-order chi connectivity index (χ1) is 8.42. The van der Waals surface area contributed by atoms with Gasteiger partial charge in [0, 0.05) is 17.9 Å². The molecule has 0 spiro atoms. The van der Waals surface area contributed by atoms with Crippen molar-refractivity contribution in [3.63, 3.8) is 0 Å². The summed E-state index contributed by atoms with van der Waals surface area (Å²) < 4.78 is 18.8. The molecule has 3 nitrogen and oxygen atoms in total. The predicted octanol–water partition coefficient (Wildman–Crippen LogP) is 2.44. The van der Waals surface area contributed by atoms with Crippen LogP contribution < -0.4 is 11.1 Å². The molecule has 0 amide bonds. The van der Waals surface area contributed by atoms with Crippen LogP contribution in [0.25, 0.3) is 0 Å². The smallest absolute Gasteiger partial charge is 0.124 e. The van der Waals surface area contributed by atoms with E-state index in [1.807, 2.05) is 6.92 Å². The highest BCUT2D eigenvalue weighted by Gasteiger charge is 2.37. The summed E-state index contributed by atoms with van der Waals surface area (Å²) in [5, 5.41) is 3.38. The highest BCUT2D eigenvalue weighted by molar-refractivity contribution is 7.80. The van der Waals surface area contributed by atoms with E-state index in [-0.39, 0.29) is 22.4 Å². The van der Waals surface area contributed by atoms with Crippen molar-refractivity contribution in [2.75, 3.05) is 11.9 Å². The minimum Gasteiger partial charge on any atom is -0.389 e. The Bertz CT molecular complexity index is 480. The zero-order valence-electron chi connectivity index (χ0n) is 10.5. The molecule has 5 heteroatoms. The van der Waals surface area contributed by atoms with Crippen LogP contribution in [0.1, 0.15) is 25.8 Å². The Balaban J connectivity index is 2.31. The highest BCUT2D eigenvalue weighted by atomic mass is 32.1. The lowest BCUT2D eigenvalue weighted by Gasteiger charge is -2.31. The van der Waals surface area contributed by atoms with Gasteiger partial charge in [0.25, 0.3) is 0 Å². The standard InChI is InChI=1S/C13H17FN2OS/c1-8-13(2,5-6-17-8)16-11-4-3-9(14)7-10(11)12(15)18/h3-4,7-8,16H,5-6H2,1-2H3,(H2,15,18). The average Bonchev–Trinajstić information content (AvgIpc) is 2.61. The maximum Gasteiger partial charge on any atom is 0.124 e. The number of hydrogen-bond donors (Lipinski definition) is 2. The molecule has 2 rings (SSSR count). The Morgan fingerprint density at radius 2 is 2.33 bits per heavy atom. The quantitative estimate of drug-likeness (QED) is 0.827. The first-order valence-corrected chi connectivity index (χ1v) is 6.32. The van der Waals surface area contributed by atoms with Gasteiger partial charge in [-0.3, -0.25) is 0 Å². The van der Waals surface area contributed by atoms with E-state index in [9.17, 15) is 4.39 Å². The zero-order valence-corrected chi connectivity index (χ0v) is 11.3. The number of thiocarbonyl (C=S) groups is 1. The lowest BCUT2D eigenvalue weighted by Crippen LogP contribution is -2.41. The molecule has 3 N–H and O–H groups in total. The molecule has 1 heterocycles. The maximum atomic E-state index is 13.2. The summed E-state index contributed by atoms with van der Waals surface area (Å²) in [6.07, 6.45) is 0.976. The van der Waals surface area contributed by atoms with Crippen LogP contribution in [0.2, 0.25) is 0 Å². The van der Waals surface area contributed by atoms with Gasteiger partial charge in [0.2, 0.25) is 0 Å². The molecule has 1 aromatic rings. The van der Waals surface area contributed by atoms with E-state index in [1.165, 1.54) is 12.1 Å². The van der Waals surface area contributed by atoms with Crippen molar-refractivity contribution in [2.24, 2.45) is 5.73 Å². The lowest BCUT2D eigenvalue weighted by atomic mass is 9.93. The van der Waals surface area contributed by atoms with E-state index < -0.39 is 0 Å². The Morgan fingerprint density at radius 1 is 1.61 bits per heavy atom. The third kappa shape index (κ3) is 2.47. The molecule has 1 saturated heterocycles. The van der Waals surface area contributed by atoms with Crippen molar-refractivity contribution in [1.82, 2.24) is 0 Å². The van der Waals surface area contributed by atoms with Gasteiger partial charge in [0.05, 0.1) is 11.6 Å². The van der Waals surface area contributed by atoms with Gasteiger partial charge in [-0.1, -0.05) is 12.2 Å². The highest BCUT2D eigenvalue weighted by Crippen LogP contribution is 2.31. The lowest BCUT2D eigenvalue weighted by molar-refractivity contribution is 0.105. The summed E-state index contributed by atoms with van der Waals surface area (Å²) in [5.74, 6) is -0.343. The third-order valence-electron chi connectivity index (χ3n) is 3.55. The van der Waals surface area contributed by atoms with E-state index in [4.69, 9.17) is 22.7 Å². The fourth-order valence-corrected chi connectivity index (χ4v) is 2.30. The summed E-state index contributed by atoms with van der Waals surface area (Å²) in [6, 6.07) is 4.42. The van der Waals surface area contributed by atoms with Crippen LogP contribution in [-0.2, 0) is 4.74 Å².